The highest BCUT2D eigenvalue weighted by molar-refractivity contribution is 6.06. The number of esters is 1. The first-order chi connectivity index (χ1) is 13.2. The van der Waals surface area contributed by atoms with Crippen LogP contribution in [-0.2, 0) is 14.3 Å². The Morgan fingerprint density at radius 2 is 1.74 bits per heavy atom. The average Bonchev–Trinajstić information content (AvgIpc) is 3.00. The Labute approximate surface area is 161 Å². The number of rotatable bonds is 4. The molecule has 1 aromatic rings. The first-order valence-electron chi connectivity index (χ1n) is 10.4. The number of benzene rings is 1. The third-order valence-electron chi connectivity index (χ3n) is 6.66. The van der Waals surface area contributed by atoms with Crippen molar-refractivity contribution in [1.82, 2.24) is 4.90 Å². The zero-order chi connectivity index (χ0) is 18.8. The fourth-order valence-corrected chi connectivity index (χ4v) is 5.20. The fourth-order valence-electron chi connectivity index (χ4n) is 5.20. The summed E-state index contributed by atoms with van der Waals surface area (Å²) in [5, 5.41) is 0. The van der Waals surface area contributed by atoms with Crippen molar-refractivity contribution < 1.29 is 14.3 Å². The molecule has 146 valence electrons. The van der Waals surface area contributed by atoms with Gasteiger partial charge in [-0.3, -0.25) is 9.59 Å². The minimum Gasteiger partial charge on any atom is -0.469 e. The van der Waals surface area contributed by atoms with Gasteiger partial charge in [0.25, 0.3) is 0 Å². The molecule has 0 bridgehead atoms. The van der Waals surface area contributed by atoms with Crippen LogP contribution in [0, 0.1) is 0 Å². The van der Waals surface area contributed by atoms with Crippen LogP contribution in [0.5, 0.6) is 0 Å². The predicted octanol–water partition coefficient (Wildman–Crippen LogP) is 3.48. The van der Waals surface area contributed by atoms with E-state index < -0.39 is 5.92 Å². The molecule has 2 fully saturated rings. The first-order valence-corrected chi connectivity index (χ1v) is 10.4. The fraction of sp³-hybridized carbons (Fsp3) is 0.636. The van der Waals surface area contributed by atoms with E-state index in [9.17, 15) is 9.59 Å². The van der Waals surface area contributed by atoms with Crippen molar-refractivity contribution in [1.29, 1.82) is 0 Å². The van der Waals surface area contributed by atoms with Crippen molar-refractivity contribution in [2.75, 3.05) is 25.1 Å². The molecule has 1 amide bonds. The van der Waals surface area contributed by atoms with E-state index in [0.29, 0.717) is 0 Å². The molecule has 5 heteroatoms. The summed E-state index contributed by atoms with van der Waals surface area (Å²) in [5.74, 6) is -0.653. The second kappa shape index (κ2) is 8.01. The van der Waals surface area contributed by atoms with Crippen molar-refractivity contribution in [2.24, 2.45) is 0 Å². The number of piperidine rings is 1. The Kier molecular flexibility index (Phi) is 5.48. The first kappa shape index (κ1) is 18.5. The summed E-state index contributed by atoms with van der Waals surface area (Å²) in [6.45, 7) is 2.14. The quantitative estimate of drug-likeness (QED) is 0.762. The third-order valence-corrected chi connectivity index (χ3v) is 6.66. The lowest BCUT2D eigenvalue weighted by Gasteiger charge is -2.41. The average molecular weight is 370 g/mol. The van der Waals surface area contributed by atoms with Crippen LogP contribution in [0.2, 0.25) is 0 Å². The minimum atomic E-state index is -0.398. The van der Waals surface area contributed by atoms with E-state index in [2.05, 4.69) is 4.90 Å². The van der Waals surface area contributed by atoms with Crippen molar-refractivity contribution >= 4 is 17.6 Å². The number of fused-ring (bicyclic) bond motifs is 1. The van der Waals surface area contributed by atoms with E-state index in [0.717, 1.165) is 43.2 Å². The van der Waals surface area contributed by atoms with Crippen LogP contribution in [0.1, 0.15) is 62.8 Å². The molecule has 0 radical (unpaired) electrons. The Morgan fingerprint density at radius 3 is 2.44 bits per heavy atom. The number of hydrogen-bond donors (Lipinski definition) is 0. The molecule has 1 aliphatic carbocycles. The second-order valence-corrected chi connectivity index (χ2v) is 8.16. The maximum Gasteiger partial charge on any atom is 0.306 e. The van der Waals surface area contributed by atoms with Crippen molar-refractivity contribution in [2.45, 2.75) is 69.4 Å². The normalized spacial score (nSPS) is 24.9. The minimum absolute atomic E-state index is 0.0673. The van der Waals surface area contributed by atoms with Crippen LogP contribution < -0.4 is 4.90 Å². The largest absolute Gasteiger partial charge is 0.469 e. The molecular weight excluding hydrogens is 340 g/mol. The molecule has 4 rings (SSSR count). The van der Waals surface area contributed by atoms with Gasteiger partial charge in [0.05, 0.1) is 19.4 Å². The number of amides is 1. The lowest BCUT2D eigenvalue weighted by Crippen LogP contribution is -2.49. The Balaban J connectivity index is 1.47. The third kappa shape index (κ3) is 3.62. The van der Waals surface area contributed by atoms with E-state index in [1.54, 1.807) is 0 Å². The van der Waals surface area contributed by atoms with Crippen molar-refractivity contribution in [3.05, 3.63) is 29.8 Å². The summed E-state index contributed by atoms with van der Waals surface area (Å²) >= 11 is 0. The smallest absolute Gasteiger partial charge is 0.306 e. The zero-order valence-corrected chi connectivity index (χ0v) is 16.2. The molecule has 1 unspecified atom stereocenters. The molecule has 0 N–H and O–H groups in total. The van der Waals surface area contributed by atoms with E-state index in [4.69, 9.17) is 4.74 Å². The highest BCUT2D eigenvalue weighted by Gasteiger charge is 2.42. The number of para-hydroxylation sites is 1. The SMILES string of the molecule is COC(=O)CC1C(=O)N(C2CCN(C3CCCCC3)CC2)c2ccccc21. The van der Waals surface area contributed by atoms with Gasteiger partial charge in [-0.15, -0.1) is 0 Å². The van der Waals surface area contributed by atoms with Gasteiger partial charge in [0.1, 0.15) is 0 Å². The number of anilines is 1. The van der Waals surface area contributed by atoms with Gasteiger partial charge in [-0.25, -0.2) is 0 Å². The Hall–Kier alpha value is -1.88. The van der Waals surface area contributed by atoms with Gasteiger partial charge in [0.15, 0.2) is 0 Å². The van der Waals surface area contributed by atoms with E-state index in [1.165, 1.54) is 39.2 Å². The van der Waals surface area contributed by atoms with Gasteiger partial charge in [0, 0.05) is 30.9 Å². The van der Waals surface area contributed by atoms with Crippen LogP contribution in [-0.4, -0.2) is 49.1 Å². The van der Waals surface area contributed by atoms with Crippen molar-refractivity contribution in [3.63, 3.8) is 0 Å². The molecule has 27 heavy (non-hydrogen) atoms. The molecule has 1 saturated heterocycles. The molecule has 1 atom stereocenters. The Morgan fingerprint density at radius 1 is 1.04 bits per heavy atom. The van der Waals surface area contributed by atoms with Crippen LogP contribution in [0.4, 0.5) is 5.69 Å². The molecule has 0 spiro atoms. The summed E-state index contributed by atoms with van der Waals surface area (Å²) < 4.78 is 4.82. The van der Waals surface area contributed by atoms with Crippen LogP contribution in [0.25, 0.3) is 0 Å². The number of hydrogen-bond acceptors (Lipinski definition) is 4. The van der Waals surface area contributed by atoms with Crippen LogP contribution in [0.3, 0.4) is 0 Å². The van der Waals surface area contributed by atoms with Gasteiger partial charge in [-0.1, -0.05) is 37.5 Å². The highest BCUT2D eigenvalue weighted by Crippen LogP contribution is 2.42. The lowest BCUT2D eigenvalue weighted by atomic mass is 9.91. The molecule has 1 aromatic carbocycles. The zero-order valence-electron chi connectivity index (χ0n) is 16.2. The standard InChI is InChI=1S/C22H30N2O3/c1-27-21(25)15-19-18-9-5-6-10-20(18)24(22(19)26)17-11-13-23(14-12-17)16-7-3-2-4-8-16/h5-6,9-10,16-17,19H,2-4,7-8,11-15H2,1H3. The van der Waals surface area contributed by atoms with E-state index in [-0.39, 0.29) is 24.3 Å². The number of carbonyl (C=O) groups is 2. The number of likely N-dealkylation sites (tertiary alicyclic amines) is 1. The van der Waals surface area contributed by atoms with Crippen LogP contribution in [0.15, 0.2) is 24.3 Å². The van der Waals surface area contributed by atoms with E-state index >= 15 is 0 Å². The van der Waals surface area contributed by atoms with Crippen molar-refractivity contribution in [3.8, 4) is 0 Å². The maximum atomic E-state index is 13.2. The van der Waals surface area contributed by atoms with Gasteiger partial charge in [-0.05, 0) is 37.3 Å². The van der Waals surface area contributed by atoms with Gasteiger partial charge < -0.3 is 14.5 Å². The van der Waals surface area contributed by atoms with Gasteiger partial charge in [0.2, 0.25) is 5.91 Å². The maximum absolute atomic E-state index is 13.2. The Bertz CT molecular complexity index is 691. The van der Waals surface area contributed by atoms with Crippen LogP contribution >= 0.6 is 0 Å². The number of ether oxygens (including phenoxy) is 1. The summed E-state index contributed by atoms with van der Waals surface area (Å²) in [6, 6.07) is 8.92. The second-order valence-electron chi connectivity index (χ2n) is 8.16. The molecule has 3 aliphatic rings. The molecular formula is C22H30N2O3. The summed E-state index contributed by atoms with van der Waals surface area (Å²) in [4.78, 5) is 29.7. The van der Waals surface area contributed by atoms with Gasteiger partial charge >= 0.3 is 5.97 Å². The number of carbonyl (C=O) groups excluding carboxylic acids is 2. The molecule has 5 nitrogen and oxygen atoms in total. The molecule has 0 aromatic heterocycles. The van der Waals surface area contributed by atoms with E-state index in [1.807, 2.05) is 29.2 Å². The highest BCUT2D eigenvalue weighted by atomic mass is 16.5. The lowest BCUT2D eigenvalue weighted by molar-refractivity contribution is -0.142. The molecule has 2 heterocycles. The predicted molar refractivity (Wildman–Crippen MR) is 105 cm³/mol. The number of methoxy groups -OCH3 is 1. The molecule has 1 saturated carbocycles. The van der Waals surface area contributed by atoms with Gasteiger partial charge in [-0.2, -0.15) is 0 Å². The monoisotopic (exact) mass is 370 g/mol. The summed E-state index contributed by atoms with van der Waals surface area (Å²) in [7, 11) is 1.38. The topological polar surface area (TPSA) is 49.9 Å². The number of nitrogens with zero attached hydrogens (tertiary/aromatic N) is 2. The molecule has 2 aliphatic heterocycles. The summed E-state index contributed by atoms with van der Waals surface area (Å²) in [6.07, 6.45) is 8.92. The summed E-state index contributed by atoms with van der Waals surface area (Å²) in [5.41, 5.74) is 1.97.